The van der Waals surface area contributed by atoms with Crippen LogP contribution in [-0.4, -0.2) is 67.5 Å². The molecule has 0 aliphatic carbocycles. The molecule has 1 unspecified atom stereocenters. The topological polar surface area (TPSA) is 61.9 Å². The maximum absolute atomic E-state index is 13.5. The van der Waals surface area contributed by atoms with Crippen LogP contribution in [0.2, 0.25) is 0 Å². The van der Waals surface area contributed by atoms with E-state index in [-0.39, 0.29) is 11.8 Å². The minimum atomic E-state index is -0.601. The van der Waals surface area contributed by atoms with E-state index >= 15 is 0 Å². The van der Waals surface area contributed by atoms with Crippen LogP contribution < -0.4 is 10.1 Å². The maximum atomic E-state index is 13.5. The first-order valence-electron chi connectivity index (χ1n) is 12.2. The summed E-state index contributed by atoms with van der Waals surface area (Å²) in [6, 6.07) is 26.5. The number of piperazine rings is 1. The first kappa shape index (κ1) is 24.5. The molecular formula is C29H33N3O3. The normalized spacial score (nSPS) is 14.8. The molecule has 4 rings (SSSR count). The Bertz CT molecular complexity index is 1080. The van der Waals surface area contributed by atoms with Gasteiger partial charge in [0.2, 0.25) is 5.91 Å². The summed E-state index contributed by atoms with van der Waals surface area (Å²) < 4.78 is 5.23. The van der Waals surface area contributed by atoms with Crippen molar-refractivity contribution < 1.29 is 14.3 Å². The number of carbonyl (C=O) groups excluding carboxylic acids is 2. The number of rotatable bonds is 9. The van der Waals surface area contributed by atoms with Crippen molar-refractivity contribution in [2.75, 3.05) is 39.8 Å². The predicted molar refractivity (Wildman–Crippen MR) is 138 cm³/mol. The van der Waals surface area contributed by atoms with E-state index in [1.807, 2.05) is 65.6 Å². The summed E-state index contributed by atoms with van der Waals surface area (Å²) in [6.07, 6.45) is 1.43. The monoisotopic (exact) mass is 471 g/mol. The van der Waals surface area contributed by atoms with E-state index in [4.69, 9.17) is 4.74 Å². The van der Waals surface area contributed by atoms with Crippen LogP contribution in [0.1, 0.15) is 21.5 Å². The Morgan fingerprint density at radius 1 is 0.829 bits per heavy atom. The molecule has 1 saturated heterocycles. The van der Waals surface area contributed by atoms with Gasteiger partial charge in [-0.15, -0.1) is 0 Å². The largest absolute Gasteiger partial charge is 0.497 e. The van der Waals surface area contributed by atoms with Gasteiger partial charge in [-0.3, -0.25) is 14.5 Å². The quantitative estimate of drug-likeness (QED) is 0.520. The lowest BCUT2D eigenvalue weighted by atomic mass is 10.0. The minimum Gasteiger partial charge on any atom is -0.497 e. The van der Waals surface area contributed by atoms with Crippen molar-refractivity contribution in [3.05, 3.63) is 102 Å². The molecule has 1 N–H and O–H groups in total. The maximum Gasteiger partial charge on any atom is 0.251 e. The van der Waals surface area contributed by atoms with E-state index in [9.17, 15) is 9.59 Å². The Morgan fingerprint density at radius 3 is 2.09 bits per heavy atom. The average molecular weight is 472 g/mol. The lowest BCUT2D eigenvalue weighted by Gasteiger charge is -2.36. The van der Waals surface area contributed by atoms with Crippen LogP contribution in [-0.2, 0) is 17.6 Å². The van der Waals surface area contributed by atoms with Crippen LogP contribution in [0.15, 0.2) is 84.9 Å². The van der Waals surface area contributed by atoms with Gasteiger partial charge in [0.25, 0.3) is 5.91 Å². The summed E-state index contributed by atoms with van der Waals surface area (Å²) >= 11 is 0. The fraction of sp³-hybridized carbons (Fsp3) is 0.310. The second-order valence-electron chi connectivity index (χ2n) is 8.85. The van der Waals surface area contributed by atoms with E-state index in [1.54, 1.807) is 19.2 Å². The molecule has 0 bridgehead atoms. The van der Waals surface area contributed by atoms with Gasteiger partial charge in [0, 0.05) is 44.7 Å². The van der Waals surface area contributed by atoms with Crippen molar-refractivity contribution in [2.45, 2.75) is 18.9 Å². The highest BCUT2D eigenvalue weighted by Gasteiger charge is 2.29. The summed E-state index contributed by atoms with van der Waals surface area (Å²) in [5.41, 5.74) is 2.86. The fourth-order valence-corrected chi connectivity index (χ4v) is 4.37. The van der Waals surface area contributed by atoms with E-state index < -0.39 is 6.04 Å². The van der Waals surface area contributed by atoms with Gasteiger partial charge in [-0.25, -0.2) is 0 Å². The molecular weight excluding hydrogens is 438 g/mol. The highest BCUT2D eigenvalue weighted by molar-refractivity contribution is 5.97. The van der Waals surface area contributed by atoms with Gasteiger partial charge in [0.05, 0.1) is 7.11 Å². The molecule has 182 valence electrons. The highest BCUT2D eigenvalue weighted by Crippen LogP contribution is 2.14. The molecule has 1 aliphatic rings. The molecule has 1 heterocycles. The molecule has 0 spiro atoms. The van der Waals surface area contributed by atoms with Crippen molar-refractivity contribution in [1.82, 2.24) is 15.1 Å². The van der Waals surface area contributed by atoms with Gasteiger partial charge in [-0.05, 0) is 41.8 Å². The molecule has 1 fully saturated rings. The zero-order valence-corrected chi connectivity index (χ0v) is 20.2. The molecule has 1 atom stereocenters. The Morgan fingerprint density at radius 2 is 1.46 bits per heavy atom. The third-order valence-electron chi connectivity index (χ3n) is 6.48. The fourth-order valence-electron chi connectivity index (χ4n) is 4.37. The number of hydrogen-bond acceptors (Lipinski definition) is 4. The van der Waals surface area contributed by atoms with Gasteiger partial charge in [-0.1, -0.05) is 60.7 Å². The van der Waals surface area contributed by atoms with Gasteiger partial charge in [-0.2, -0.15) is 0 Å². The van der Waals surface area contributed by atoms with E-state index in [0.29, 0.717) is 25.1 Å². The molecule has 0 radical (unpaired) electrons. The van der Waals surface area contributed by atoms with Crippen LogP contribution in [0.4, 0.5) is 0 Å². The summed E-state index contributed by atoms with van der Waals surface area (Å²) in [5, 5.41) is 2.99. The number of nitrogens with one attached hydrogen (secondary N) is 1. The first-order chi connectivity index (χ1) is 17.1. The van der Waals surface area contributed by atoms with Crippen molar-refractivity contribution in [1.29, 1.82) is 0 Å². The molecule has 0 aromatic heterocycles. The number of hydrogen-bond donors (Lipinski definition) is 1. The van der Waals surface area contributed by atoms with E-state index in [2.05, 4.69) is 22.3 Å². The number of ether oxygens (including phenoxy) is 1. The molecule has 0 saturated carbocycles. The van der Waals surface area contributed by atoms with Crippen molar-refractivity contribution >= 4 is 11.8 Å². The van der Waals surface area contributed by atoms with Crippen molar-refractivity contribution in [3.8, 4) is 5.75 Å². The summed E-state index contributed by atoms with van der Waals surface area (Å²) in [5.74, 6) is 0.622. The lowest BCUT2D eigenvalue weighted by Crippen LogP contribution is -2.55. The first-order valence-corrected chi connectivity index (χ1v) is 12.2. The summed E-state index contributed by atoms with van der Waals surface area (Å²) in [4.78, 5) is 30.6. The van der Waals surface area contributed by atoms with Gasteiger partial charge < -0.3 is 15.0 Å². The van der Waals surface area contributed by atoms with Crippen LogP contribution in [0.25, 0.3) is 0 Å². The van der Waals surface area contributed by atoms with Gasteiger partial charge >= 0.3 is 0 Å². The second-order valence-corrected chi connectivity index (χ2v) is 8.85. The Kier molecular flexibility index (Phi) is 8.52. The molecule has 3 aromatic carbocycles. The molecule has 6 nitrogen and oxygen atoms in total. The zero-order valence-electron chi connectivity index (χ0n) is 20.2. The van der Waals surface area contributed by atoms with Crippen molar-refractivity contribution in [3.63, 3.8) is 0 Å². The zero-order chi connectivity index (χ0) is 24.5. The molecule has 35 heavy (non-hydrogen) atoms. The summed E-state index contributed by atoms with van der Waals surface area (Å²) in [7, 11) is 1.67. The van der Waals surface area contributed by atoms with Crippen molar-refractivity contribution in [2.24, 2.45) is 0 Å². The Hall–Kier alpha value is -3.64. The molecule has 6 heteroatoms. The predicted octanol–water partition coefficient (Wildman–Crippen LogP) is 3.42. The van der Waals surface area contributed by atoms with Gasteiger partial charge in [0.1, 0.15) is 11.8 Å². The molecule has 3 aromatic rings. The van der Waals surface area contributed by atoms with E-state index in [1.165, 1.54) is 5.56 Å². The van der Waals surface area contributed by atoms with Crippen LogP contribution in [0, 0.1) is 0 Å². The number of amides is 2. The number of nitrogens with zero attached hydrogens (tertiary/aromatic N) is 2. The third-order valence-corrected chi connectivity index (χ3v) is 6.48. The standard InChI is InChI=1S/C29H33N3O3/c1-35-26-14-12-23(13-15-26)16-17-31-18-20-32(21-19-31)29(34)27(22-24-8-4-2-5-9-24)30-28(33)25-10-6-3-7-11-25/h2-15,27H,16-22H2,1H3,(H,30,33). The van der Waals surface area contributed by atoms with Crippen LogP contribution in [0.3, 0.4) is 0 Å². The van der Waals surface area contributed by atoms with E-state index in [0.717, 1.165) is 37.4 Å². The molecule has 1 aliphatic heterocycles. The van der Waals surface area contributed by atoms with Crippen LogP contribution >= 0.6 is 0 Å². The number of methoxy groups -OCH3 is 1. The Balaban J connectivity index is 1.34. The molecule has 2 amide bonds. The Labute approximate surface area is 207 Å². The van der Waals surface area contributed by atoms with Gasteiger partial charge in [0.15, 0.2) is 0 Å². The third kappa shape index (κ3) is 6.93. The average Bonchev–Trinajstić information content (AvgIpc) is 2.92. The SMILES string of the molecule is COc1ccc(CCN2CCN(C(=O)C(Cc3ccccc3)NC(=O)c3ccccc3)CC2)cc1. The lowest BCUT2D eigenvalue weighted by molar-refractivity contribution is -0.135. The minimum absolute atomic E-state index is 0.0204. The smallest absolute Gasteiger partial charge is 0.251 e. The number of benzene rings is 3. The number of carbonyl (C=O) groups is 2. The summed E-state index contributed by atoms with van der Waals surface area (Å²) in [6.45, 7) is 3.92. The highest BCUT2D eigenvalue weighted by atomic mass is 16.5. The second kappa shape index (κ2) is 12.2. The van der Waals surface area contributed by atoms with Crippen LogP contribution in [0.5, 0.6) is 5.75 Å².